The van der Waals surface area contributed by atoms with Gasteiger partial charge in [0.05, 0.1) is 22.1 Å². The molecule has 0 saturated carbocycles. The number of para-hydroxylation sites is 2. The van der Waals surface area contributed by atoms with Crippen LogP contribution < -0.4 is 0 Å². The lowest BCUT2D eigenvalue weighted by Gasteiger charge is -2.12. The second kappa shape index (κ2) is 10.9. The molecule has 0 bridgehead atoms. The molecule has 8 aromatic carbocycles. The Balaban J connectivity index is 1.12. The predicted molar refractivity (Wildman–Crippen MR) is 214 cm³/mol. The molecule has 1 aliphatic carbocycles. The summed E-state index contributed by atoms with van der Waals surface area (Å²) in [5.41, 5.74) is 17.6. The van der Waals surface area contributed by atoms with Crippen molar-refractivity contribution in [3.8, 4) is 44.8 Å². The van der Waals surface area contributed by atoms with Crippen molar-refractivity contribution in [3.63, 3.8) is 0 Å². The number of fused-ring (bicyclic) bond motifs is 10. The highest BCUT2D eigenvalue weighted by Gasteiger charge is 2.23. The Kier molecular flexibility index (Phi) is 6.05. The number of hydrogen-bond donors (Lipinski definition) is 0. The molecule has 1 aliphatic rings. The van der Waals surface area contributed by atoms with Crippen molar-refractivity contribution in [1.29, 1.82) is 0 Å². The molecule has 0 N–H and O–H groups in total. The molecule has 238 valence electrons. The average molecular weight is 649 g/mol. The summed E-state index contributed by atoms with van der Waals surface area (Å²) in [6.07, 6.45) is 0.999. The van der Waals surface area contributed by atoms with E-state index < -0.39 is 0 Å². The summed E-state index contributed by atoms with van der Waals surface area (Å²) in [4.78, 5) is 0. The fourth-order valence-electron chi connectivity index (χ4n) is 8.64. The largest absolute Gasteiger partial charge is 0.309 e. The van der Waals surface area contributed by atoms with Gasteiger partial charge in [0.2, 0.25) is 0 Å². The van der Waals surface area contributed by atoms with E-state index in [0.717, 1.165) is 12.1 Å². The summed E-state index contributed by atoms with van der Waals surface area (Å²) in [5, 5.41) is 5.13. The smallest absolute Gasteiger partial charge is 0.0548 e. The molecule has 51 heavy (non-hydrogen) atoms. The van der Waals surface area contributed by atoms with Crippen molar-refractivity contribution >= 4 is 43.6 Å². The summed E-state index contributed by atoms with van der Waals surface area (Å²) in [5.74, 6) is 0. The van der Waals surface area contributed by atoms with Crippen molar-refractivity contribution < 1.29 is 0 Å². The van der Waals surface area contributed by atoms with Crippen LogP contribution in [0.15, 0.2) is 182 Å². The van der Waals surface area contributed by atoms with E-state index in [1.54, 1.807) is 0 Å². The van der Waals surface area contributed by atoms with Gasteiger partial charge in [0.1, 0.15) is 0 Å². The third-order valence-electron chi connectivity index (χ3n) is 10.9. The molecule has 0 amide bonds. The van der Waals surface area contributed by atoms with E-state index in [2.05, 4.69) is 191 Å². The summed E-state index contributed by atoms with van der Waals surface area (Å²) in [7, 11) is 0. The van der Waals surface area contributed by atoms with Crippen LogP contribution in [0.25, 0.3) is 88.4 Å². The van der Waals surface area contributed by atoms with Crippen molar-refractivity contribution in [3.05, 3.63) is 193 Å². The van der Waals surface area contributed by atoms with Crippen LogP contribution in [0.1, 0.15) is 11.1 Å². The van der Waals surface area contributed by atoms with Gasteiger partial charge in [-0.15, -0.1) is 0 Å². The standard InChI is InChI=1S/C49H32N2/c1-2-11-32(12-3-1)33-21-23-34(24-22-33)35-14-10-15-38(30-35)50-44-19-8-6-17-41(44)48-46(50)27-28-47-49(48)42-18-7-9-20-45(42)51(47)39-26-25-37-29-36-13-4-5-16-40(36)43(37)31-39/h1-28,30-31H,29H2. The number of rotatable bonds is 4. The average Bonchev–Trinajstić information content (AvgIpc) is 3.85. The molecule has 2 aromatic heterocycles. The highest BCUT2D eigenvalue weighted by atomic mass is 15.0. The highest BCUT2D eigenvalue weighted by molar-refractivity contribution is 6.29. The fourth-order valence-corrected chi connectivity index (χ4v) is 8.64. The maximum atomic E-state index is 2.47. The maximum absolute atomic E-state index is 2.47. The Morgan fingerprint density at radius 2 is 0.843 bits per heavy atom. The molecule has 0 spiro atoms. The molecule has 0 unspecified atom stereocenters. The monoisotopic (exact) mass is 648 g/mol. The van der Waals surface area contributed by atoms with Gasteiger partial charge >= 0.3 is 0 Å². The minimum absolute atomic E-state index is 0.999. The number of nitrogens with zero attached hydrogens (tertiary/aromatic N) is 2. The van der Waals surface area contributed by atoms with Crippen LogP contribution in [0.5, 0.6) is 0 Å². The van der Waals surface area contributed by atoms with Crippen molar-refractivity contribution in [1.82, 2.24) is 9.13 Å². The molecule has 10 aromatic rings. The third kappa shape index (κ3) is 4.23. The summed E-state index contributed by atoms with van der Waals surface area (Å²) >= 11 is 0. The van der Waals surface area contributed by atoms with E-state index in [1.165, 1.54) is 93.8 Å². The van der Waals surface area contributed by atoms with E-state index >= 15 is 0 Å². The molecular formula is C49H32N2. The van der Waals surface area contributed by atoms with Gasteiger partial charge in [0.15, 0.2) is 0 Å². The quantitative estimate of drug-likeness (QED) is 0.180. The SMILES string of the molecule is c1ccc(-c2ccc(-c3cccc(-n4c5ccccc5c5c6c7ccccc7n(-c7ccc8c(c7)-c7ccccc7C8)c6ccc54)c3)cc2)cc1. The highest BCUT2D eigenvalue weighted by Crippen LogP contribution is 2.44. The summed E-state index contributed by atoms with van der Waals surface area (Å²) < 4.78 is 4.92. The van der Waals surface area contributed by atoms with E-state index in [0.29, 0.717) is 0 Å². The van der Waals surface area contributed by atoms with Crippen LogP contribution >= 0.6 is 0 Å². The Hall–Kier alpha value is -6.64. The van der Waals surface area contributed by atoms with Gasteiger partial charge in [0.25, 0.3) is 0 Å². The zero-order valence-corrected chi connectivity index (χ0v) is 27.9. The van der Waals surface area contributed by atoms with Gasteiger partial charge in [-0.2, -0.15) is 0 Å². The van der Waals surface area contributed by atoms with Gasteiger partial charge in [0, 0.05) is 32.9 Å². The van der Waals surface area contributed by atoms with Gasteiger partial charge in [-0.05, 0) is 99.5 Å². The molecule has 0 fully saturated rings. The molecule has 2 heterocycles. The van der Waals surface area contributed by atoms with Crippen LogP contribution in [-0.4, -0.2) is 9.13 Å². The van der Waals surface area contributed by atoms with E-state index in [1.807, 2.05) is 0 Å². The lowest BCUT2D eigenvalue weighted by Crippen LogP contribution is -1.96. The predicted octanol–water partition coefficient (Wildman–Crippen LogP) is 12.8. The zero-order valence-electron chi connectivity index (χ0n) is 27.9. The lowest BCUT2D eigenvalue weighted by atomic mass is 10.00. The van der Waals surface area contributed by atoms with E-state index in [4.69, 9.17) is 0 Å². The molecule has 0 atom stereocenters. The van der Waals surface area contributed by atoms with Crippen molar-refractivity contribution in [2.45, 2.75) is 6.42 Å². The van der Waals surface area contributed by atoms with Gasteiger partial charge in [-0.3, -0.25) is 0 Å². The van der Waals surface area contributed by atoms with Crippen molar-refractivity contribution in [2.24, 2.45) is 0 Å². The van der Waals surface area contributed by atoms with Gasteiger partial charge in [-0.25, -0.2) is 0 Å². The molecule has 0 saturated heterocycles. The summed E-state index contributed by atoms with van der Waals surface area (Å²) in [6.45, 7) is 0. The third-order valence-corrected chi connectivity index (χ3v) is 10.9. The van der Waals surface area contributed by atoms with Crippen molar-refractivity contribution in [2.75, 3.05) is 0 Å². The molecular weight excluding hydrogens is 617 g/mol. The fraction of sp³-hybridized carbons (Fsp3) is 0.0204. The number of hydrogen-bond acceptors (Lipinski definition) is 0. The van der Waals surface area contributed by atoms with Crippen LogP contribution in [0.3, 0.4) is 0 Å². The first kappa shape index (κ1) is 28.2. The van der Waals surface area contributed by atoms with E-state index in [-0.39, 0.29) is 0 Å². The summed E-state index contributed by atoms with van der Waals surface area (Å²) in [6, 6.07) is 66.8. The van der Waals surface area contributed by atoms with E-state index in [9.17, 15) is 0 Å². The van der Waals surface area contributed by atoms with Crippen LogP contribution in [0.4, 0.5) is 0 Å². The Labute approximate surface area is 296 Å². The number of benzene rings is 8. The Bertz CT molecular complexity index is 2980. The molecule has 2 heteroatoms. The van der Waals surface area contributed by atoms with Gasteiger partial charge < -0.3 is 9.13 Å². The maximum Gasteiger partial charge on any atom is 0.0548 e. The second-order valence-electron chi connectivity index (χ2n) is 13.7. The Morgan fingerprint density at radius 1 is 0.314 bits per heavy atom. The molecule has 11 rings (SSSR count). The first-order chi connectivity index (χ1) is 25.3. The normalized spacial score (nSPS) is 12.2. The van der Waals surface area contributed by atoms with Crippen LogP contribution in [-0.2, 0) is 6.42 Å². The zero-order chi connectivity index (χ0) is 33.5. The Morgan fingerprint density at radius 3 is 1.55 bits per heavy atom. The first-order valence-electron chi connectivity index (χ1n) is 17.7. The van der Waals surface area contributed by atoms with Crippen LogP contribution in [0.2, 0.25) is 0 Å². The minimum Gasteiger partial charge on any atom is -0.309 e. The van der Waals surface area contributed by atoms with Gasteiger partial charge in [-0.1, -0.05) is 133 Å². The first-order valence-corrected chi connectivity index (χ1v) is 17.7. The second-order valence-corrected chi connectivity index (χ2v) is 13.7. The molecule has 2 nitrogen and oxygen atoms in total. The van der Waals surface area contributed by atoms with Crippen LogP contribution in [0, 0.1) is 0 Å². The number of aromatic nitrogens is 2. The molecule has 0 aliphatic heterocycles. The lowest BCUT2D eigenvalue weighted by molar-refractivity contribution is 1.17. The molecule has 0 radical (unpaired) electrons. The topological polar surface area (TPSA) is 9.86 Å². The minimum atomic E-state index is 0.999.